The zero-order chi connectivity index (χ0) is 35.7. The van der Waals surface area contributed by atoms with Crippen molar-refractivity contribution < 1.29 is 30.4 Å². The van der Waals surface area contributed by atoms with Crippen molar-refractivity contribution in [2.75, 3.05) is 18.2 Å². The third-order valence-electron chi connectivity index (χ3n) is 9.75. The third kappa shape index (κ3) is 7.92. The Bertz CT molecular complexity index is 1690. The van der Waals surface area contributed by atoms with Crippen molar-refractivity contribution in [1.82, 2.24) is 19.7 Å². The van der Waals surface area contributed by atoms with Crippen LogP contribution in [0.3, 0.4) is 0 Å². The van der Waals surface area contributed by atoms with E-state index in [-0.39, 0.29) is 50.9 Å². The number of fused-ring (bicyclic) bond motifs is 1. The number of carbonyl (C=O) groups excluding carboxylic acids is 1. The molecule has 2 aliphatic rings. The second kappa shape index (κ2) is 14.8. The number of anilines is 1. The van der Waals surface area contributed by atoms with Gasteiger partial charge in [-0.05, 0) is 40.2 Å². The number of benzene rings is 1. The van der Waals surface area contributed by atoms with Crippen LogP contribution in [-0.2, 0) is 33.8 Å². The molecule has 1 unspecified atom stereocenters. The van der Waals surface area contributed by atoms with Crippen LogP contribution in [0, 0.1) is 5.92 Å². The van der Waals surface area contributed by atoms with Crippen LogP contribution >= 0.6 is 0 Å². The Morgan fingerprint density at radius 1 is 1.00 bits per heavy atom. The van der Waals surface area contributed by atoms with Gasteiger partial charge in [-0.15, -0.1) is 0 Å². The molecule has 2 fully saturated rings. The summed E-state index contributed by atoms with van der Waals surface area (Å²) in [5.74, 6) is -0.291. The summed E-state index contributed by atoms with van der Waals surface area (Å²) in [5, 5.41) is 7.91. The van der Waals surface area contributed by atoms with E-state index in [9.17, 15) is 13.2 Å². The molecule has 0 spiro atoms. The number of carbonyl (C=O) groups is 1. The highest BCUT2D eigenvalue weighted by Gasteiger charge is 2.61. The van der Waals surface area contributed by atoms with Gasteiger partial charge in [-0.1, -0.05) is 85.7 Å². The minimum absolute atomic E-state index is 0.0536. The van der Waals surface area contributed by atoms with Gasteiger partial charge in [-0.3, -0.25) is 13.7 Å². The van der Waals surface area contributed by atoms with Crippen molar-refractivity contribution in [2.45, 2.75) is 109 Å². The maximum absolute atomic E-state index is 13.8. The van der Waals surface area contributed by atoms with E-state index >= 15 is 0 Å². The second-order valence-corrected chi connectivity index (χ2v) is 25.0. The first kappa shape index (κ1) is 37.5. The minimum Gasteiger partial charge on any atom is -0.414 e. The number of rotatable bonds is 12. The third-order valence-corrected chi connectivity index (χ3v) is 20.6. The Labute approximate surface area is 292 Å². The first-order valence-corrected chi connectivity index (χ1v) is 22.9. The molecule has 5 rings (SSSR count). The number of hydrogen-bond acceptors (Lipinski definition) is 11. The molecule has 0 bridgehead atoms. The van der Waals surface area contributed by atoms with Crippen LogP contribution < -0.4 is 5.32 Å². The standard InChI is InChI=1S/C34H51N5O7SSi2/c1-22(2)48(23(3)4)43-20-27-17-30(33(44-47(9,41)42)32(27)45-49(46-48,24(5)6)25(7)8)37-34-28(18-35-21-36-34)31(40)29-15-16-39(38-29)19-26-13-11-10-12-14-26/h10-16,18,21-25,27,30,32-33H,17,19-20H2,1-9H3,(H,35,36,37)/t27-,30-,32-,33?/m1/s1. The summed E-state index contributed by atoms with van der Waals surface area (Å²) < 4.78 is 54.6. The van der Waals surface area contributed by atoms with E-state index in [1.807, 2.05) is 30.3 Å². The summed E-state index contributed by atoms with van der Waals surface area (Å²) in [5.41, 5.74) is 1.96. The molecule has 4 atom stereocenters. The van der Waals surface area contributed by atoms with Crippen LogP contribution in [0.2, 0.25) is 22.2 Å². The maximum Gasteiger partial charge on any atom is 0.335 e. The number of aromatic nitrogens is 4. The van der Waals surface area contributed by atoms with Crippen molar-refractivity contribution in [3.63, 3.8) is 0 Å². The van der Waals surface area contributed by atoms with Crippen LogP contribution in [0.4, 0.5) is 5.82 Å². The van der Waals surface area contributed by atoms with E-state index in [0.717, 1.165) is 11.8 Å². The van der Waals surface area contributed by atoms with Crippen LogP contribution in [0.15, 0.2) is 55.1 Å². The van der Waals surface area contributed by atoms with Crippen molar-refractivity contribution in [3.8, 4) is 0 Å². The van der Waals surface area contributed by atoms with Gasteiger partial charge in [0, 0.05) is 24.9 Å². The van der Waals surface area contributed by atoms with Gasteiger partial charge in [0.1, 0.15) is 23.9 Å². The van der Waals surface area contributed by atoms with Crippen molar-refractivity contribution in [1.29, 1.82) is 0 Å². The highest BCUT2D eigenvalue weighted by Crippen LogP contribution is 2.49. The number of nitrogens with one attached hydrogen (secondary N) is 1. The summed E-state index contributed by atoms with van der Waals surface area (Å²) in [6, 6.07) is 10.9. The zero-order valence-corrected chi connectivity index (χ0v) is 32.8. The molecular formula is C34H51N5O7SSi2. The number of hydrogen-bond donors (Lipinski definition) is 1. The minimum atomic E-state index is -3.91. The Hall–Kier alpha value is -2.80. The van der Waals surface area contributed by atoms with E-state index in [1.165, 1.54) is 12.5 Å². The number of nitrogens with zero attached hydrogens (tertiary/aromatic N) is 4. The molecule has 1 saturated heterocycles. The molecular weight excluding hydrogens is 679 g/mol. The Morgan fingerprint density at radius 2 is 1.65 bits per heavy atom. The summed E-state index contributed by atoms with van der Waals surface area (Å²) in [6.07, 6.45) is 4.52. The average Bonchev–Trinajstić information content (AvgIpc) is 3.60. The SMILES string of the molecule is CC(C)[Si]1(C(C)C)OC[C@H]2C[C@@H](Nc3ncncc3C(=O)c3ccn(Cc4ccccc4)n3)C(OS(C)(=O)=O)[C@@H]2O[Si](C(C)C)(C(C)C)O1. The van der Waals surface area contributed by atoms with Gasteiger partial charge < -0.3 is 18.3 Å². The lowest BCUT2D eigenvalue weighted by atomic mass is 10.1. The molecule has 2 aromatic heterocycles. The fraction of sp³-hybridized carbons (Fsp3) is 0.588. The lowest BCUT2D eigenvalue weighted by molar-refractivity contribution is -0.00773. The molecule has 12 nitrogen and oxygen atoms in total. The van der Waals surface area contributed by atoms with Gasteiger partial charge in [0.15, 0.2) is 0 Å². The summed E-state index contributed by atoms with van der Waals surface area (Å²) in [6.45, 7) is 18.0. The molecule has 15 heteroatoms. The van der Waals surface area contributed by atoms with Gasteiger partial charge in [0.25, 0.3) is 10.1 Å². The van der Waals surface area contributed by atoms with Crippen molar-refractivity contribution in [3.05, 3.63) is 71.9 Å². The van der Waals surface area contributed by atoms with Gasteiger partial charge in [0.05, 0.1) is 30.5 Å². The molecule has 0 amide bonds. The molecule has 1 aliphatic carbocycles. The fourth-order valence-corrected chi connectivity index (χ4v) is 19.3. The van der Waals surface area contributed by atoms with Crippen LogP contribution in [-0.4, -0.2) is 82.2 Å². The lowest BCUT2D eigenvalue weighted by Gasteiger charge is -2.51. The predicted molar refractivity (Wildman–Crippen MR) is 192 cm³/mol. The van der Waals surface area contributed by atoms with E-state index in [2.05, 4.69) is 75.8 Å². The van der Waals surface area contributed by atoms with E-state index in [4.69, 9.17) is 17.2 Å². The fourth-order valence-electron chi connectivity index (χ4n) is 7.31. The normalized spacial score (nSPS) is 23.9. The monoisotopic (exact) mass is 729 g/mol. The highest BCUT2D eigenvalue weighted by atomic mass is 32.2. The van der Waals surface area contributed by atoms with Crippen molar-refractivity contribution in [2.24, 2.45) is 5.92 Å². The zero-order valence-electron chi connectivity index (χ0n) is 30.0. The quantitative estimate of drug-likeness (QED) is 0.132. The molecule has 0 radical (unpaired) electrons. The topological polar surface area (TPSA) is 144 Å². The summed E-state index contributed by atoms with van der Waals surface area (Å²) >= 11 is 0. The first-order chi connectivity index (χ1) is 23.1. The molecule has 1 saturated carbocycles. The molecule has 268 valence electrons. The van der Waals surface area contributed by atoms with E-state index in [1.54, 1.807) is 16.9 Å². The van der Waals surface area contributed by atoms with Gasteiger partial charge in [0.2, 0.25) is 5.78 Å². The van der Waals surface area contributed by atoms with Crippen LogP contribution in [0.25, 0.3) is 0 Å². The number of ketones is 1. The Balaban J connectivity index is 1.49. The highest BCUT2D eigenvalue weighted by molar-refractivity contribution is 7.86. The van der Waals surface area contributed by atoms with Gasteiger partial charge in [-0.25, -0.2) is 9.97 Å². The van der Waals surface area contributed by atoms with E-state index in [0.29, 0.717) is 19.6 Å². The Kier molecular flexibility index (Phi) is 11.3. The second-order valence-electron chi connectivity index (χ2n) is 14.6. The first-order valence-electron chi connectivity index (χ1n) is 17.1. The maximum atomic E-state index is 13.8. The van der Waals surface area contributed by atoms with Crippen molar-refractivity contribution >= 4 is 38.8 Å². The van der Waals surface area contributed by atoms with Gasteiger partial charge in [-0.2, -0.15) is 13.5 Å². The molecule has 1 aromatic carbocycles. The Morgan fingerprint density at radius 3 is 2.27 bits per heavy atom. The molecule has 3 aromatic rings. The summed E-state index contributed by atoms with van der Waals surface area (Å²) in [7, 11) is -9.78. The van der Waals surface area contributed by atoms with Crippen LogP contribution in [0.1, 0.15) is 83.4 Å². The molecule has 3 heterocycles. The molecule has 1 N–H and O–H groups in total. The predicted octanol–water partition coefficient (Wildman–Crippen LogP) is 6.05. The smallest absolute Gasteiger partial charge is 0.335 e. The molecule has 49 heavy (non-hydrogen) atoms. The van der Waals surface area contributed by atoms with Gasteiger partial charge >= 0.3 is 17.1 Å². The lowest BCUT2D eigenvalue weighted by Crippen LogP contribution is -2.65. The largest absolute Gasteiger partial charge is 0.414 e. The van der Waals surface area contributed by atoms with Crippen LogP contribution in [0.5, 0.6) is 0 Å². The average molecular weight is 730 g/mol. The van der Waals surface area contributed by atoms with E-state index < -0.39 is 45.5 Å². The molecule has 1 aliphatic heterocycles. The summed E-state index contributed by atoms with van der Waals surface area (Å²) in [4.78, 5) is 22.4.